The van der Waals surface area contributed by atoms with Crippen molar-refractivity contribution < 1.29 is 13.9 Å². The molecule has 28 heavy (non-hydrogen) atoms. The predicted octanol–water partition coefficient (Wildman–Crippen LogP) is 4.02. The van der Waals surface area contributed by atoms with Gasteiger partial charge in [0, 0.05) is 32.4 Å². The molecule has 0 radical (unpaired) electrons. The van der Waals surface area contributed by atoms with Gasteiger partial charge in [0.05, 0.1) is 6.20 Å². The highest BCUT2D eigenvalue weighted by Crippen LogP contribution is 2.22. The summed E-state index contributed by atoms with van der Waals surface area (Å²) in [6.07, 6.45) is 3.63. The lowest BCUT2D eigenvalue weighted by molar-refractivity contribution is 0.0749. The summed E-state index contributed by atoms with van der Waals surface area (Å²) in [5.41, 5.74) is 0.963. The van der Waals surface area contributed by atoms with Crippen LogP contribution < -0.4 is 4.74 Å². The highest BCUT2D eigenvalue weighted by Gasteiger charge is 2.17. The molecule has 2 aromatic heterocycles. The van der Waals surface area contributed by atoms with Crippen LogP contribution in [0.25, 0.3) is 10.8 Å². The molecule has 0 bridgehead atoms. The molecule has 0 spiro atoms. The zero-order valence-corrected chi connectivity index (χ0v) is 15.8. The average molecular weight is 375 g/mol. The number of hydrogen-bond acceptors (Lipinski definition) is 4. The first-order chi connectivity index (χ1) is 13.6. The Kier molecular flexibility index (Phi) is 4.85. The van der Waals surface area contributed by atoms with E-state index in [0.717, 1.165) is 22.1 Å². The fraction of sp³-hybridized carbons (Fsp3) is 0.182. The number of rotatable bonds is 6. The number of aryl methyl sites for hydroxylation is 1. The van der Waals surface area contributed by atoms with Crippen LogP contribution >= 0.6 is 0 Å². The van der Waals surface area contributed by atoms with E-state index >= 15 is 0 Å². The van der Waals surface area contributed by atoms with Crippen molar-refractivity contribution >= 4 is 16.7 Å². The Balaban J connectivity index is 1.38. The van der Waals surface area contributed by atoms with E-state index in [0.29, 0.717) is 18.1 Å². The van der Waals surface area contributed by atoms with Gasteiger partial charge in [-0.2, -0.15) is 5.10 Å². The number of amides is 1. The minimum absolute atomic E-state index is 0.180. The van der Waals surface area contributed by atoms with Crippen molar-refractivity contribution in [2.24, 2.45) is 7.05 Å². The van der Waals surface area contributed by atoms with E-state index in [-0.39, 0.29) is 12.5 Å². The average Bonchev–Trinajstić information content (AvgIpc) is 3.34. The smallest absolute Gasteiger partial charge is 0.289 e. The molecular weight excluding hydrogens is 354 g/mol. The zero-order valence-electron chi connectivity index (χ0n) is 15.8. The van der Waals surface area contributed by atoms with E-state index in [1.165, 1.54) is 0 Å². The molecule has 2 heterocycles. The summed E-state index contributed by atoms with van der Waals surface area (Å²) in [4.78, 5) is 14.2. The minimum Gasteiger partial charge on any atom is -0.486 e. The van der Waals surface area contributed by atoms with E-state index in [4.69, 9.17) is 9.15 Å². The van der Waals surface area contributed by atoms with Crippen molar-refractivity contribution in [3.05, 3.63) is 84.1 Å². The quantitative estimate of drug-likeness (QED) is 0.511. The van der Waals surface area contributed by atoms with Crippen LogP contribution in [0.4, 0.5) is 0 Å². The Hall–Kier alpha value is -3.54. The highest BCUT2D eigenvalue weighted by molar-refractivity contribution is 5.91. The van der Waals surface area contributed by atoms with Gasteiger partial charge in [-0.1, -0.05) is 30.3 Å². The van der Waals surface area contributed by atoms with Gasteiger partial charge < -0.3 is 14.1 Å². The maximum Gasteiger partial charge on any atom is 0.289 e. The molecule has 0 saturated carbocycles. The molecule has 4 aromatic rings. The number of aromatic nitrogens is 2. The van der Waals surface area contributed by atoms with Gasteiger partial charge in [-0.25, -0.2) is 0 Å². The van der Waals surface area contributed by atoms with Crippen LogP contribution in [0, 0.1) is 0 Å². The number of ether oxygens (including phenoxy) is 1. The second kappa shape index (κ2) is 7.60. The lowest BCUT2D eigenvalue weighted by Gasteiger charge is -2.14. The summed E-state index contributed by atoms with van der Waals surface area (Å²) in [5.74, 6) is 1.48. The Labute approximate surface area is 162 Å². The lowest BCUT2D eigenvalue weighted by Crippen LogP contribution is -2.25. The highest BCUT2D eigenvalue weighted by atomic mass is 16.5. The zero-order chi connectivity index (χ0) is 19.5. The van der Waals surface area contributed by atoms with E-state index in [9.17, 15) is 4.79 Å². The Morgan fingerprint density at radius 2 is 1.96 bits per heavy atom. The molecule has 142 valence electrons. The fourth-order valence-electron chi connectivity index (χ4n) is 3.07. The molecule has 0 fully saturated rings. The maximum absolute atomic E-state index is 12.6. The molecule has 0 aliphatic carbocycles. The second-order valence-corrected chi connectivity index (χ2v) is 6.75. The molecule has 0 unspecified atom stereocenters. The van der Waals surface area contributed by atoms with Crippen LogP contribution in [0.3, 0.4) is 0 Å². The van der Waals surface area contributed by atoms with E-state index in [2.05, 4.69) is 11.2 Å². The van der Waals surface area contributed by atoms with Crippen LogP contribution in [0.1, 0.15) is 21.9 Å². The molecule has 6 nitrogen and oxygen atoms in total. The normalized spacial score (nSPS) is 10.9. The van der Waals surface area contributed by atoms with Crippen LogP contribution in [-0.2, 0) is 20.2 Å². The number of carbonyl (C=O) groups is 1. The predicted molar refractivity (Wildman–Crippen MR) is 106 cm³/mol. The Morgan fingerprint density at radius 3 is 2.75 bits per heavy atom. The van der Waals surface area contributed by atoms with Gasteiger partial charge in [0.15, 0.2) is 5.76 Å². The molecule has 0 aliphatic heterocycles. The summed E-state index contributed by atoms with van der Waals surface area (Å²) >= 11 is 0. The van der Waals surface area contributed by atoms with Gasteiger partial charge in [-0.15, -0.1) is 0 Å². The summed E-state index contributed by atoms with van der Waals surface area (Å²) in [6, 6.07) is 17.5. The van der Waals surface area contributed by atoms with Crippen molar-refractivity contribution in [1.82, 2.24) is 14.7 Å². The summed E-state index contributed by atoms with van der Waals surface area (Å²) < 4.78 is 13.2. The second-order valence-electron chi connectivity index (χ2n) is 6.75. The molecule has 0 atom stereocenters. The lowest BCUT2D eigenvalue weighted by atomic mass is 10.1. The topological polar surface area (TPSA) is 60.5 Å². The standard InChI is InChI=1S/C22H21N3O3/c1-24(13-16-12-23-25(2)14-16)22(26)21-10-9-20(28-21)15-27-19-8-7-17-5-3-4-6-18(17)11-19/h3-12,14H,13,15H2,1-2H3. The summed E-state index contributed by atoms with van der Waals surface area (Å²) in [6.45, 7) is 0.730. The number of fused-ring (bicyclic) bond motifs is 1. The number of furan rings is 1. The van der Waals surface area contributed by atoms with Crippen molar-refractivity contribution in [3.63, 3.8) is 0 Å². The van der Waals surface area contributed by atoms with Crippen LogP contribution in [0.15, 0.2) is 71.4 Å². The molecule has 0 N–H and O–H groups in total. The van der Waals surface area contributed by atoms with Crippen molar-refractivity contribution in [1.29, 1.82) is 0 Å². The third-order valence-electron chi connectivity index (χ3n) is 4.50. The van der Waals surface area contributed by atoms with Gasteiger partial charge in [-0.05, 0) is 35.0 Å². The van der Waals surface area contributed by atoms with Crippen LogP contribution in [0.5, 0.6) is 5.75 Å². The summed E-state index contributed by atoms with van der Waals surface area (Å²) in [7, 11) is 3.59. The summed E-state index contributed by atoms with van der Waals surface area (Å²) in [5, 5.41) is 6.40. The minimum atomic E-state index is -0.180. The first-order valence-electron chi connectivity index (χ1n) is 9.02. The number of nitrogens with zero attached hydrogens (tertiary/aromatic N) is 3. The third-order valence-corrected chi connectivity index (χ3v) is 4.50. The molecule has 0 saturated heterocycles. The first kappa shape index (κ1) is 17.9. The van der Waals surface area contributed by atoms with E-state index in [1.54, 1.807) is 35.0 Å². The van der Waals surface area contributed by atoms with Gasteiger partial charge in [0.25, 0.3) is 5.91 Å². The van der Waals surface area contributed by atoms with Gasteiger partial charge in [0.1, 0.15) is 18.1 Å². The third kappa shape index (κ3) is 3.91. The molecule has 2 aromatic carbocycles. The molecular formula is C22H21N3O3. The van der Waals surface area contributed by atoms with Crippen molar-refractivity contribution in [2.75, 3.05) is 7.05 Å². The monoisotopic (exact) mass is 375 g/mol. The van der Waals surface area contributed by atoms with Crippen molar-refractivity contribution in [2.45, 2.75) is 13.2 Å². The molecule has 1 amide bonds. The number of hydrogen-bond donors (Lipinski definition) is 0. The number of carbonyl (C=O) groups excluding carboxylic acids is 1. The van der Waals surface area contributed by atoms with Crippen molar-refractivity contribution in [3.8, 4) is 5.75 Å². The SMILES string of the molecule is CN(Cc1cnn(C)c1)C(=O)c1ccc(COc2ccc3ccccc3c2)o1. The Bertz CT molecular complexity index is 1110. The maximum atomic E-state index is 12.6. The van der Waals surface area contributed by atoms with Gasteiger partial charge in [0.2, 0.25) is 0 Å². The van der Waals surface area contributed by atoms with E-state index in [1.807, 2.05) is 49.6 Å². The fourth-order valence-corrected chi connectivity index (χ4v) is 3.07. The van der Waals surface area contributed by atoms with E-state index < -0.39 is 0 Å². The van der Waals surface area contributed by atoms with Crippen LogP contribution in [0.2, 0.25) is 0 Å². The van der Waals surface area contributed by atoms with Crippen LogP contribution in [-0.4, -0.2) is 27.6 Å². The largest absolute Gasteiger partial charge is 0.486 e. The number of benzene rings is 2. The molecule has 0 aliphatic rings. The Morgan fingerprint density at radius 1 is 1.14 bits per heavy atom. The first-order valence-corrected chi connectivity index (χ1v) is 9.02. The van der Waals surface area contributed by atoms with Gasteiger partial charge >= 0.3 is 0 Å². The molecule has 6 heteroatoms. The molecule has 4 rings (SSSR count). The van der Waals surface area contributed by atoms with Gasteiger partial charge in [-0.3, -0.25) is 9.48 Å².